The number of hydrogen-bond acceptors (Lipinski definition) is 5. The number of carbonyl (C=O) groups excluding carboxylic acids is 1. The van der Waals surface area contributed by atoms with Crippen molar-refractivity contribution in [3.8, 4) is 0 Å². The van der Waals surface area contributed by atoms with Crippen molar-refractivity contribution in [1.82, 2.24) is 15.8 Å². The Bertz CT molecular complexity index is 839. The first-order valence-corrected chi connectivity index (χ1v) is 10.1. The molecular formula is C22H29N3O3. The molecule has 2 aromatic rings. The highest BCUT2D eigenvalue weighted by molar-refractivity contribution is 5.92. The molecule has 1 saturated heterocycles. The van der Waals surface area contributed by atoms with Crippen LogP contribution in [0.1, 0.15) is 60.1 Å². The third-order valence-corrected chi connectivity index (χ3v) is 6.12. The van der Waals surface area contributed by atoms with E-state index in [2.05, 4.69) is 47.8 Å². The van der Waals surface area contributed by atoms with Crippen molar-refractivity contribution in [3.63, 3.8) is 0 Å². The lowest BCUT2D eigenvalue weighted by Crippen LogP contribution is -2.49. The third-order valence-electron chi connectivity index (χ3n) is 6.12. The zero-order valence-electron chi connectivity index (χ0n) is 16.8. The van der Waals surface area contributed by atoms with Gasteiger partial charge in [0.05, 0.1) is 17.8 Å². The zero-order valence-corrected chi connectivity index (χ0v) is 16.8. The number of amides is 1. The molecule has 6 nitrogen and oxygen atoms in total. The number of nitrogens with one attached hydrogen (secondary N) is 2. The Morgan fingerprint density at radius 3 is 2.82 bits per heavy atom. The molecule has 1 aliphatic heterocycles. The molecule has 1 fully saturated rings. The summed E-state index contributed by atoms with van der Waals surface area (Å²) in [4.78, 5) is 12.9. The number of piperidine rings is 1. The van der Waals surface area contributed by atoms with Crippen LogP contribution in [-0.2, 0) is 16.6 Å². The second-order valence-electron chi connectivity index (χ2n) is 8.38. The monoisotopic (exact) mass is 383 g/mol. The SMILES string of the molecule is CO[C@H]1[C@H](NC(=O)c2cc(CC(C)C)no2)c2ccccc2C12CCNCC2. The molecule has 1 amide bonds. The van der Waals surface area contributed by atoms with E-state index in [0.717, 1.165) is 43.6 Å². The lowest BCUT2D eigenvalue weighted by Gasteiger charge is -2.40. The van der Waals surface area contributed by atoms with Gasteiger partial charge in [-0.05, 0) is 49.4 Å². The van der Waals surface area contributed by atoms with E-state index in [1.54, 1.807) is 13.2 Å². The predicted molar refractivity (Wildman–Crippen MR) is 106 cm³/mol. The fourth-order valence-electron chi connectivity index (χ4n) is 4.94. The largest absolute Gasteiger partial charge is 0.378 e. The lowest BCUT2D eigenvalue weighted by atomic mass is 9.72. The van der Waals surface area contributed by atoms with Crippen LogP contribution in [0.3, 0.4) is 0 Å². The standard InChI is InChI=1S/C22H29N3O3/c1-14(2)12-15-13-18(28-25-15)21(26)24-19-16-6-4-5-7-17(16)22(20(19)27-3)8-10-23-11-9-22/h4-7,13-14,19-20,23H,8-12H2,1-3H3,(H,24,26)/t19-,20+/m1/s1. The maximum atomic E-state index is 12.9. The van der Waals surface area contributed by atoms with Crippen molar-refractivity contribution in [3.05, 3.63) is 52.9 Å². The van der Waals surface area contributed by atoms with E-state index in [1.807, 2.05) is 6.07 Å². The van der Waals surface area contributed by atoms with Crippen LogP contribution in [0.15, 0.2) is 34.9 Å². The van der Waals surface area contributed by atoms with Crippen LogP contribution in [-0.4, -0.2) is 37.4 Å². The Kier molecular flexibility index (Phi) is 5.25. The molecule has 0 unspecified atom stereocenters. The molecule has 1 aromatic heterocycles. The zero-order chi connectivity index (χ0) is 19.7. The molecule has 2 N–H and O–H groups in total. The molecule has 0 saturated carbocycles. The summed E-state index contributed by atoms with van der Waals surface area (Å²) in [5.74, 6) is 0.477. The van der Waals surface area contributed by atoms with Gasteiger partial charge in [-0.2, -0.15) is 0 Å². The van der Waals surface area contributed by atoms with Crippen molar-refractivity contribution in [1.29, 1.82) is 0 Å². The number of ether oxygens (including phenoxy) is 1. The maximum Gasteiger partial charge on any atom is 0.290 e. The van der Waals surface area contributed by atoms with Crippen molar-refractivity contribution in [2.24, 2.45) is 5.92 Å². The summed E-state index contributed by atoms with van der Waals surface area (Å²) in [6.45, 7) is 6.14. The van der Waals surface area contributed by atoms with Gasteiger partial charge in [0.2, 0.25) is 5.76 Å². The van der Waals surface area contributed by atoms with Crippen molar-refractivity contribution in [2.45, 2.75) is 50.7 Å². The predicted octanol–water partition coefficient (Wildman–Crippen LogP) is 2.99. The van der Waals surface area contributed by atoms with E-state index in [1.165, 1.54) is 5.56 Å². The van der Waals surface area contributed by atoms with Gasteiger partial charge in [-0.3, -0.25) is 4.79 Å². The number of aromatic nitrogens is 1. The second kappa shape index (κ2) is 7.68. The van der Waals surface area contributed by atoms with E-state index >= 15 is 0 Å². The van der Waals surface area contributed by atoms with Crippen LogP contribution in [0.4, 0.5) is 0 Å². The fourth-order valence-corrected chi connectivity index (χ4v) is 4.94. The van der Waals surface area contributed by atoms with Crippen molar-refractivity contribution < 1.29 is 14.1 Å². The number of methoxy groups -OCH3 is 1. The molecule has 1 aromatic carbocycles. The van der Waals surface area contributed by atoms with Crippen LogP contribution in [0, 0.1) is 5.92 Å². The Labute approximate surface area is 166 Å². The van der Waals surface area contributed by atoms with E-state index in [4.69, 9.17) is 9.26 Å². The van der Waals surface area contributed by atoms with E-state index in [9.17, 15) is 4.79 Å². The van der Waals surface area contributed by atoms with E-state index in [-0.39, 0.29) is 29.2 Å². The third kappa shape index (κ3) is 3.25. The first-order chi connectivity index (χ1) is 13.5. The lowest BCUT2D eigenvalue weighted by molar-refractivity contribution is 0.00365. The molecule has 28 heavy (non-hydrogen) atoms. The summed E-state index contributed by atoms with van der Waals surface area (Å²) < 4.78 is 11.3. The van der Waals surface area contributed by atoms with E-state index < -0.39 is 0 Å². The van der Waals surface area contributed by atoms with Gasteiger partial charge in [0, 0.05) is 18.6 Å². The van der Waals surface area contributed by atoms with Crippen LogP contribution < -0.4 is 10.6 Å². The minimum atomic E-state index is -0.240. The highest BCUT2D eigenvalue weighted by Crippen LogP contribution is 2.51. The molecular weight excluding hydrogens is 354 g/mol. The first-order valence-electron chi connectivity index (χ1n) is 10.1. The molecule has 1 aliphatic carbocycles. The first kappa shape index (κ1) is 19.2. The number of carbonyl (C=O) groups is 1. The molecule has 0 radical (unpaired) electrons. The normalized spacial score (nSPS) is 23.1. The molecule has 4 rings (SSSR count). The number of nitrogens with zero attached hydrogens (tertiary/aromatic N) is 1. The minimum Gasteiger partial charge on any atom is -0.378 e. The summed E-state index contributed by atoms with van der Waals surface area (Å²) >= 11 is 0. The summed E-state index contributed by atoms with van der Waals surface area (Å²) in [6.07, 6.45) is 2.68. The molecule has 6 heteroatoms. The van der Waals surface area contributed by atoms with Gasteiger partial charge in [-0.25, -0.2) is 0 Å². The van der Waals surface area contributed by atoms with Gasteiger partial charge in [0.25, 0.3) is 5.91 Å². The van der Waals surface area contributed by atoms with Crippen LogP contribution in [0.5, 0.6) is 0 Å². The average Bonchev–Trinajstić information content (AvgIpc) is 3.24. The highest BCUT2D eigenvalue weighted by atomic mass is 16.5. The molecule has 1 spiro atoms. The number of rotatable bonds is 5. The van der Waals surface area contributed by atoms with Crippen molar-refractivity contribution in [2.75, 3.05) is 20.2 Å². The second-order valence-corrected chi connectivity index (χ2v) is 8.38. The van der Waals surface area contributed by atoms with E-state index in [0.29, 0.717) is 5.92 Å². The molecule has 0 bridgehead atoms. The Balaban J connectivity index is 1.61. The van der Waals surface area contributed by atoms with Crippen LogP contribution in [0.25, 0.3) is 0 Å². The average molecular weight is 383 g/mol. The quantitative estimate of drug-likeness (QED) is 0.830. The molecule has 150 valence electrons. The van der Waals surface area contributed by atoms with Gasteiger partial charge < -0.3 is 19.9 Å². The summed E-state index contributed by atoms with van der Waals surface area (Å²) in [5, 5.41) is 10.7. The summed E-state index contributed by atoms with van der Waals surface area (Å²) in [7, 11) is 1.74. The van der Waals surface area contributed by atoms with Gasteiger partial charge in [0.1, 0.15) is 0 Å². The van der Waals surface area contributed by atoms with Crippen molar-refractivity contribution >= 4 is 5.91 Å². The summed E-state index contributed by atoms with van der Waals surface area (Å²) in [6, 6.07) is 9.94. The minimum absolute atomic E-state index is 0.0707. The Morgan fingerprint density at radius 2 is 2.11 bits per heavy atom. The molecule has 2 atom stereocenters. The van der Waals surface area contributed by atoms with Gasteiger partial charge in [0.15, 0.2) is 0 Å². The number of benzene rings is 1. The Hall–Kier alpha value is -2.18. The number of hydrogen-bond donors (Lipinski definition) is 2. The van der Waals surface area contributed by atoms with Gasteiger partial charge in [-0.1, -0.05) is 43.3 Å². The fraction of sp³-hybridized carbons (Fsp3) is 0.545. The van der Waals surface area contributed by atoms with Crippen LogP contribution >= 0.6 is 0 Å². The van der Waals surface area contributed by atoms with Gasteiger partial charge >= 0.3 is 0 Å². The van der Waals surface area contributed by atoms with Gasteiger partial charge in [-0.15, -0.1) is 0 Å². The highest BCUT2D eigenvalue weighted by Gasteiger charge is 2.53. The Morgan fingerprint density at radius 1 is 1.36 bits per heavy atom. The topological polar surface area (TPSA) is 76.4 Å². The smallest absolute Gasteiger partial charge is 0.290 e. The molecule has 2 heterocycles. The van der Waals surface area contributed by atoms with Crippen LogP contribution in [0.2, 0.25) is 0 Å². The molecule has 2 aliphatic rings. The number of fused-ring (bicyclic) bond motifs is 2. The summed E-state index contributed by atoms with van der Waals surface area (Å²) in [5.41, 5.74) is 3.18. The maximum absolute atomic E-state index is 12.9.